The van der Waals surface area contributed by atoms with Crippen molar-refractivity contribution in [3.63, 3.8) is 0 Å². The summed E-state index contributed by atoms with van der Waals surface area (Å²) in [6.07, 6.45) is 3.99. The van der Waals surface area contributed by atoms with Crippen LogP contribution in [0.5, 0.6) is 0 Å². The lowest BCUT2D eigenvalue weighted by molar-refractivity contribution is -0.121. The van der Waals surface area contributed by atoms with Crippen LogP contribution in [0.15, 0.2) is 36.5 Å². The number of nitrogens with one attached hydrogen (secondary N) is 1. The first-order chi connectivity index (χ1) is 10.3. The van der Waals surface area contributed by atoms with Crippen LogP contribution in [0.3, 0.4) is 0 Å². The maximum absolute atomic E-state index is 11.7. The van der Waals surface area contributed by atoms with E-state index in [9.17, 15) is 4.79 Å². The molecule has 112 valence electrons. The third kappa shape index (κ3) is 5.35. The molecule has 21 heavy (non-hydrogen) atoms. The fourth-order valence-electron chi connectivity index (χ4n) is 2.01. The van der Waals surface area contributed by atoms with E-state index in [0.717, 1.165) is 12.8 Å². The smallest absolute Gasteiger partial charge is 0.241 e. The maximum atomic E-state index is 11.7. The molecule has 0 aliphatic heterocycles. The summed E-state index contributed by atoms with van der Waals surface area (Å²) in [4.78, 5) is 11.7. The Bertz CT molecular complexity index is 554. The number of aromatic nitrogens is 3. The summed E-state index contributed by atoms with van der Waals surface area (Å²) in [5.74, 6) is -0.0801. The zero-order valence-corrected chi connectivity index (χ0v) is 11.9. The molecule has 2 aromatic rings. The second-order valence-corrected chi connectivity index (χ2v) is 4.82. The van der Waals surface area contributed by atoms with Crippen LogP contribution < -0.4 is 5.32 Å². The molecule has 2 rings (SSSR count). The first-order valence-electron chi connectivity index (χ1n) is 7.08. The summed E-state index contributed by atoms with van der Waals surface area (Å²) in [5.41, 5.74) is 1.96. The number of benzene rings is 1. The van der Waals surface area contributed by atoms with E-state index in [1.807, 2.05) is 18.2 Å². The predicted octanol–water partition coefficient (Wildman–Crippen LogP) is 0.562. The van der Waals surface area contributed by atoms with Crippen molar-refractivity contribution >= 4 is 5.91 Å². The van der Waals surface area contributed by atoms with Gasteiger partial charge >= 0.3 is 0 Å². The average Bonchev–Trinajstić information content (AvgIpc) is 2.92. The van der Waals surface area contributed by atoms with Gasteiger partial charge in [0.15, 0.2) is 0 Å². The molecule has 0 atom stereocenters. The third-order valence-electron chi connectivity index (χ3n) is 3.07. The fourth-order valence-corrected chi connectivity index (χ4v) is 2.01. The zero-order valence-electron chi connectivity index (χ0n) is 11.9. The Hall–Kier alpha value is -2.21. The van der Waals surface area contributed by atoms with Gasteiger partial charge in [-0.2, -0.15) is 0 Å². The number of rotatable bonds is 8. The van der Waals surface area contributed by atoms with Crippen LogP contribution in [-0.2, 0) is 24.2 Å². The molecule has 6 nitrogen and oxygen atoms in total. The van der Waals surface area contributed by atoms with Crippen molar-refractivity contribution in [3.05, 3.63) is 47.8 Å². The number of carbonyl (C=O) groups is 1. The van der Waals surface area contributed by atoms with Crippen LogP contribution >= 0.6 is 0 Å². The van der Waals surface area contributed by atoms with Gasteiger partial charge in [-0.3, -0.25) is 4.79 Å². The number of carbonyl (C=O) groups excluding carboxylic acids is 1. The number of aliphatic hydroxyl groups is 1. The third-order valence-corrected chi connectivity index (χ3v) is 3.07. The SMILES string of the molecule is O=C(Cn1cc(CCO)nn1)NCCCc1ccccc1. The molecule has 0 fully saturated rings. The molecule has 1 aromatic heterocycles. The van der Waals surface area contributed by atoms with E-state index in [0.29, 0.717) is 18.7 Å². The summed E-state index contributed by atoms with van der Waals surface area (Å²) < 4.78 is 1.48. The van der Waals surface area contributed by atoms with E-state index in [1.54, 1.807) is 6.20 Å². The number of hydrogen-bond donors (Lipinski definition) is 2. The molecule has 0 spiro atoms. The molecular weight excluding hydrogens is 268 g/mol. The highest BCUT2D eigenvalue weighted by Crippen LogP contribution is 2.01. The average molecular weight is 288 g/mol. The largest absolute Gasteiger partial charge is 0.396 e. The van der Waals surface area contributed by atoms with E-state index in [2.05, 4.69) is 27.8 Å². The topological polar surface area (TPSA) is 80.0 Å². The Kier molecular flexibility index (Phi) is 5.90. The summed E-state index contributed by atoms with van der Waals surface area (Å²) in [6.45, 7) is 0.833. The lowest BCUT2D eigenvalue weighted by Gasteiger charge is -2.05. The van der Waals surface area contributed by atoms with Crippen LogP contribution in [-0.4, -0.2) is 39.2 Å². The highest BCUT2D eigenvalue weighted by Gasteiger charge is 2.05. The van der Waals surface area contributed by atoms with Crippen molar-refractivity contribution in [2.75, 3.05) is 13.2 Å². The summed E-state index contributed by atoms with van der Waals surface area (Å²) in [6, 6.07) is 10.2. The summed E-state index contributed by atoms with van der Waals surface area (Å²) in [5, 5.41) is 19.4. The minimum atomic E-state index is -0.0801. The van der Waals surface area contributed by atoms with Gasteiger partial charge in [-0.05, 0) is 18.4 Å². The van der Waals surface area contributed by atoms with Crippen molar-refractivity contribution in [3.8, 4) is 0 Å². The molecule has 1 amide bonds. The Labute approximate surface area is 123 Å². The number of nitrogens with zero attached hydrogens (tertiary/aromatic N) is 3. The van der Waals surface area contributed by atoms with Gasteiger partial charge in [-0.25, -0.2) is 4.68 Å². The van der Waals surface area contributed by atoms with Crippen molar-refractivity contribution in [2.24, 2.45) is 0 Å². The van der Waals surface area contributed by atoms with E-state index in [-0.39, 0.29) is 19.1 Å². The number of aryl methyl sites for hydroxylation is 1. The minimum Gasteiger partial charge on any atom is -0.396 e. The van der Waals surface area contributed by atoms with Gasteiger partial charge < -0.3 is 10.4 Å². The highest BCUT2D eigenvalue weighted by molar-refractivity contribution is 5.75. The number of hydrogen-bond acceptors (Lipinski definition) is 4. The van der Waals surface area contributed by atoms with Crippen molar-refractivity contribution < 1.29 is 9.90 Å². The van der Waals surface area contributed by atoms with Crippen LogP contribution in [0.4, 0.5) is 0 Å². The van der Waals surface area contributed by atoms with Crippen LogP contribution in [0, 0.1) is 0 Å². The van der Waals surface area contributed by atoms with Gasteiger partial charge in [0.1, 0.15) is 6.54 Å². The monoisotopic (exact) mass is 288 g/mol. The van der Waals surface area contributed by atoms with Gasteiger partial charge in [0.2, 0.25) is 5.91 Å². The Morgan fingerprint density at radius 1 is 1.24 bits per heavy atom. The van der Waals surface area contributed by atoms with E-state index >= 15 is 0 Å². The Morgan fingerprint density at radius 3 is 2.81 bits per heavy atom. The number of amides is 1. The van der Waals surface area contributed by atoms with Crippen LogP contribution in [0.25, 0.3) is 0 Å². The normalized spacial score (nSPS) is 10.5. The van der Waals surface area contributed by atoms with Gasteiger partial charge in [0, 0.05) is 25.8 Å². The zero-order chi connectivity index (χ0) is 14.9. The first-order valence-corrected chi connectivity index (χ1v) is 7.08. The standard InChI is InChI=1S/C15H20N4O2/c20-10-8-14-11-19(18-17-14)12-15(21)16-9-4-7-13-5-2-1-3-6-13/h1-3,5-6,11,20H,4,7-10,12H2,(H,16,21). The van der Waals surface area contributed by atoms with Gasteiger partial charge in [-0.1, -0.05) is 35.5 Å². The minimum absolute atomic E-state index is 0.0321. The van der Waals surface area contributed by atoms with Crippen LogP contribution in [0.2, 0.25) is 0 Å². The number of aliphatic hydroxyl groups excluding tert-OH is 1. The molecule has 0 aliphatic carbocycles. The molecule has 0 bridgehead atoms. The molecule has 0 unspecified atom stereocenters. The molecule has 0 saturated carbocycles. The second kappa shape index (κ2) is 8.16. The second-order valence-electron chi connectivity index (χ2n) is 4.82. The van der Waals surface area contributed by atoms with E-state index in [1.165, 1.54) is 10.2 Å². The summed E-state index contributed by atoms with van der Waals surface area (Å²) >= 11 is 0. The fraction of sp³-hybridized carbons (Fsp3) is 0.400. The highest BCUT2D eigenvalue weighted by atomic mass is 16.3. The summed E-state index contributed by atoms with van der Waals surface area (Å²) in [7, 11) is 0. The Balaban J connectivity index is 1.65. The molecule has 1 heterocycles. The lowest BCUT2D eigenvalue weighted by Crippen LogP contribution is -2.28. The van der Waals surface area contributed by atoms with Crippen molar-refractivity contribution in [2.45, 2.75) is 25.8 Å². The van der Waals surface area contributed by atoms with Gasteiger partial charge in [-0.15, -0.1) is 5.10 Å². The van der Waals surface area contributed by atoms with E-state index < -0.39 is 0 Å². The lowest BCUT2D eigenvalue weighted by atomic mass is 10.1. The molecular formula is C15H20N4O2. The van der Waals surface area contributed by atoms with Crippen LogP contribution in [0.1, 0.15) is 17.7 Å². The first kappa shape index (κ1) is 15.2. The van der Waals surface area contributed by atoms with Crippen molar-refractivity contribution in [1.82, 2.24) is 20.3 Å². The van der Waals surface area contributed by atoms with E-state index in [4.69, 9.17) is 5.11 Å². The quantitative estimate of drug-likeness (QED) is 0.696. The molecule has 6 heteroatoms. The molecule has 0 aliphatic rings. The molecule has 1 aromatic carbocycles. The van der Waals surface area contributed by atoms with Gasteiger partial charge in [0.25, 0.3) is 0 Å². The maximum Gasteiger partial charge on any atom is 0.241 e. The Morgan fingerprint density at radius 2 is 2.05 bits per heavy atom. The van der Waals surface area contributed by atoms with Crippen molar-refractivity contribution in [1.29, 1.82) is 0 Å². The van der Waals surface area contributed by atoms with Gasteiger partial charge in [0.05, 0.1) is 5.69 Å². The molecule has 2 N–H and O–H groups in total. The molecule has 0 saturated heterocycles. The molecule has 0 radical (unpaired) electrons. The predicted molar refractivity (Wildman–Crippen MR) is 78.6 cm³/mol.